The second kappa shape index (κ2) is 7.38. The third kappa shape index (κ3) is 3.47. The summed E-state index contributed by atoms with van der Waals surface area (Å²) in [6.07, 6.45) is 1.71. The van der Waals surface area contributed by atoms with Crippen LogP contribution in [0.2, 0.25) is 5.02 Å². The number of aryl methyl sites for hydroxylation is 3. The van der Waals surface area contributed by atoms with Crippen LogP contribution in [0.4, 0.5) is 0 Å². The second-order valence-corrected chi connectivity index (χ2v) is 6.26. The van der Waals surface area contributed by atoms with Gasteiger partial charge in [-0.05, 0) is 26.8 Å². The Morgan fingerprint density at radius 2 is 2.14 bits per heavy atom. The minimum atomic E-state index is 0.242. The standard InChI is InChI=1S/C15H23ClN4S/c1-5-11-14(16)13(20(7-3)19-11)8-12(17-6-2)15-10(4)18-9-21-15/h9,12,17H,5-8H2,1-4H3. The highest BCUT2D eigenvalue weighted by molar-refractivity contribution is 7.09. The van der Waals surface area contributed by atoms with Gasteiger partial charge in [-0.15, -0.1) is 11.3 Å². The van der Waals surface area contributed by atoms with E-state index >= 15 is 0 Å². The van der Waals surface area contributed by atoms with Crippen molar-refractivity contribution in [1.82, 2.24) is 20.1 Å². The number of likely N-dealkylation sites (N-methyl/N-ethyl adjacent to an activating group) is 1. The summed E-state index contributed by atoms with van der Waals surface area (Å²) in [6.45, 7) is 10.1. The van der Waals surface area contributed by atoms with E-state index in [9.17, 15) is 0 Å². The van der Waals surface area contributed by atoms with Crippen LogP contribution in [0, 0.1) is 6.92 Å². The molecule has 0 aliphatic rings. The first-order chi connectivity index (χ1) is 10.1. The molecule has 1 unspecified atom stereocenters. The molecule has 0 bridgehead atoms. The lowest BCUT2D eigenvalue weighted by atomic mass is 10.1. The van der Waals surface area contributed by atoms with Gasteiger partial charge in [0, 0.05) is 23.9 Å². The average molecular weight is 327 g/mol. The topological polar surface area (TPSA) is 42.7 Å². The van der Waals surface area contributed by atoms with Crippen LogP contribution in [-0.4, -0.2) is 21.3 Å². The fraction of sp³-hybridized carbons (Fsp3) is 0.600. The normalized spacial score (nSPS) is 12.8. The van der Waals surface area contributed by atoms with E-state index in [1.807, 2.05) is 10.2 Å². The molecule has 1 N–H and O–H groups in total. The third-order valence-electron chi connectivity index (χ3n) is 3.64. The minimum absolute atomic E-state index is 0.242. The predicted octanol–water partition coefficient (Wildman–Crippen LogP) is 3.78. The van der Waals surface area contributed by atoms with E-state index in [2.05, 4.69) is 43.1 Å². The molecular formula is C15H23ClN4S. The van der Waals surface area contributed by atoms with Crippen molar-refractivity contribution in [1.29, 1.82) is 0 Å². The highest BCUT2D eigenvalue weighted by Gasteiger charge is 2.21. The maximum atomic E-state index is 6.53. The van der Waals surface area contributed by atoms with Gasteiger partial charge in [-0.2, -0.15) is 5.10 Å². The number of rotatable bonds is 7. The molecule has 2 heterocycles. The van der Waals surface area contributed by atoms with Crippen molar-refractivity contribution in [2.75, 3.05) is 6.54 Å². The van der Waals surface area contributed by atoms with E-state index in [0.29, 0.717) is 0 Å². The van der Waals surface area contributed by atoms with Crippen LogP contribution >= 0.6 is 22.9 Å². The summed E-state index contributed by atoms with van der Waals surface area (Å²) in [6, 6.07) is 0.242. The summed E-state index contributed by atoms with van der Waals surface area (Å²) in [4.78, 5) is 5.66. The number of hydrogen-bond donors (Lipinski definition) is 1. The van der Waals surface area contributed by atoms with Crippen molar-refractivity contribution in [3.05, 3.63) is 32.5 Å². The molecule has 1 atom stereocenters. The fourth-order valence-electron chi connectivity index (χ4n) is 2.55. The first-order valence-corrected chi connectivity index (χ1v) is 8.75. The Morgan fingerprint density at radius 3 is 2.67 bits per heavy atom. The first-order valence-electron chi connectivity index (χ1n) is 7.49. The monoisotopic (exact) mass is 326 g/mol. The average Bonchev–Trinajstić information content (AvgIpc) is 3.03. The highest BCUT2D eigenvalue weighted by atomic mass is 35.5. The Kier molecular flexibility index (Phi) is 5.79. The van der Waals surface area contributed by atoms with Gasteiger partial charge in [0.25, 0.3) is 0 Å². The molecule has 6 heteroatoms. The molecule has 0 aromatic carbocycles. The summed E-state index contributed by atoms with van der Waals surface area (Å²) < 4.78 is 2.03. The van der Waals surface area contributed by atoms with Crippen LogP contribution in [0.25, 0.3) is 0 Å². The van der Waals surface area contributed by atoms with Gasteiger partial charge >= 0.3 is 0 Å². The van der Waals surface area contributed by atoms with Crippen molar-refractivity contribution in [3.63, 3.8) is 0 Å². The van der Waals surface area contributed by atoms with Crippen LogP contribution in [0.1, 0.15) is 48.8 Å². The number of nitrogens with zero attached hydrogens (tertiary/aromatic N) is 3. The van der Waals surface area contributed by atoms with Crippen LogP contribution < -0.4 is 5.32 Å². The van der Waals surface area contributed by atoms with Crippen molar-refractivity contribution < 1.29 is 0 Å². The number of nitrogens with one attached hydrogen (secondary N) is 1. The molecule has 0 saturated carbocycles. The number of thiazole rings is 1. The van der Waals surface area contributed by atoms with Crippen LogP contribution in [0.15, 0.2) is 5.51 Å². The van der Waals surface area contributed by atoms with Crippen LogP contribution in [-0.2, 0) is 19.4 Å². The van der Waals surface area contributed by atoms with Crippen LogP contribution in [0.3, 0.4) is 0 Å². The van der Waals surface area contributed by atoms with Crippen molar-refractivity contribution in [2.24, 2.45) is 0 Å². The minimum Gasteiger partial charge on any atom is -0.309 e. The van der Waals surface area contributed by atoms with Crippen LogP contribution in [0.5, 0.6) is 0 Å². The van der Waals surface area contributed by atoms with Gasteiger partial charge < -0.3 is 5.32 Å². The maximum Gasteiger partial charge on any atom is 0.0850 e. The molecule has 0 aliphatic heterocycles. The summed E-state index contributed by atoms with van der Waals surface area (Å²) >= 11 is 8.23. The van der Waals surface area contributed by atoms with E-state index in [1.54, 1.807) is 11.3 Å². The van der Waals surface area contributed by atoms with E-state index in [0.717, 1.165) is 48.0 Å². The molecule has 0 spiro atoms. The Hall–Kier alpha value is -0.910. The van der Waals surface area contributed by atoms with Gasteiger partial charge in [-0.3, -0.25) is 4.68 Å². The zero-order chi connectivity index (χ0) is 15.4. The summed E-state index contributed by atoms with van der Waals surface area (Å²) in [7, 11) is 0. The zero-order valence-electron chi connectivity index (χ0n) is 13.1. The third-order valence-corrected chi connectivity index (χ3v) is 5.12. The smallest absolute Gasteiger partial charge is 0.0850 e. The lowest BCUT2D eigenvalue weighted by molar-refractivity contribution is 0.519. The fourth-order valence-corrected chi connectivity index (χ4v) is 3.78. The molecule has 0 saturated heterocycles. The van der Waals surface area contributed by atoms with E-state index < -0.39 is 0 Å². The largest absolute Gasteiger partial charge is 0.309 e. The summed E-state index contributed by atoms with van der Waals surface area (Å²) in [5.74, 6) is 0. The molecular weight excluding hydrogens is 304 g/mol. The van der Waals surface area contributed by atoms with Gasteiger partial charge in [-0.1, -0.05) is 25.4 Å². The second-order valence-electron chi connectivity index (χ2n) is 4.99. The zero-order valence-corrected chi connectivity index (χ0v) is 14.7. The van der Waals surface area contributed by atoms with Crippen molar-refractivity contribution in [3.8, 4) is 0 Å². The van der Waals surface area contributed by atoms with Gasteiger partial charge in [0.2, 0.25) is 0 Å². The molecule has 116 valence electrons. The number of aromatic nitrogens is 3. The Bertz CT molecular complexity index is 591. The molecule has 0 radical (unpaired) electrons. The predicted molar refractivity (Wildman–Crippen MR) is 89.3 cm³/mol. The molecule has 0 amide bonds. The molecule has 2 aromatic heterocycles. The highest BCUT2D eigenvalue weighted by Crippen LogP contribution is 2.29. The van der Waals surface area contributed by atoms with Gasteiger partial charge in [0.15, 0.2) is 0 Å². The van der Waals surface area contributed by atoms with Gasteiger partial charge in [-0.25, -0.2) is 4.98 Å². The molecule has 4 nitrogen and oxygen atoms in total. The Morgan fingerprint density at radius 1 is 1.38 bits per heavy atom. The Balaban J connectivity index is 2.33. The maximum absolute atomic E-state index is 6.53. The quantitative estimate of drug-likeness (QED) is 0.842. The molecule has 2 aromatic rings. The van der Waals surface area contributed by atoms with E-state index in [4.69, 9.17) is 11.6 Å². The van der Waals surface area contributed by atoms with E-state index in [-0.39, 0.29) is 6.04 Å². The van der Waals surface area contributed by atoms with Crippen molar-refractivity contribution >= 4 is 22.9 Å². The lowest BCUT2D eigenvalue weighted by Crippen LogP contribution is -2.24. The van der Waals surface area contributed by atoms with Gasteiger partial charge in [0.05, 0.1) is 27.6 Å². The lowest BCUT2D eigenvalue weighted by Gasteiger charge is -2.18. The SMILES string of the molecule is CCNC(Cc1c(Cl)c(CC)nn1CC)c1scnc1C. The van der Waals surface area contributed by atoms with Crippen molar-refractivity contribution in [2.45, 2.75) is 53.1 Å². The Labute approximate surface area is 135 Å². The number of hydrogen-bond acceptors (Lipinski definition) is 4. The molecule has 21 heavy (non-hydrogen) atoms. The summed E-state index contributed by atoms with van der Waals surface area (Å²) in [5.41, 5.74) is 5.12. The van der Waals surface area contributed by atoms with E-state index in [1.165, 1.54) is 4.88 Å². The molecule has 2 rings (SSSR count). The number of halogens is 1. The molecule has 0 aliphatic carbocycles. The first kappa shape index (κ1) is 16.5. The van der Waals surface area contributed by atoms with Gasteiger partial charge in [0.1, 0.15) is 0 Å². The summed E-state index contributed by atoms with van der Waals surface area (Å²) in [5, 5.41) is 8.98. The molecule has 0 fully saturated rings.